The second kappa shape index (κ2) is 8.54. The van der Waals surface area contributed by atoms with Crippen molar-refractivity contribution in [2.75, 3.05) is 11.9 Å². The quantitative estimate of drug-likeness (QED) is 0.626. The van der Waals surface area contributed by atoms with E-state index in [1.165, 1.54) is 5.56 Å². The highest BCUT2D eigenvalue weighted by Gasteiger charge is 2.14. The van der Waals surface area contributed by atoms with Crippen LogP contribution in [0.25, 0.3) is 10.8 Å². The first-order chi connectivity index (χ1) is 13.3. The van der Waals surface area contributed by atoms with Crippen LogP contribution in [0.1, 0.15) is 31.7 Å². The van der Waals surface area contributed by atoms with Gasteiger partial charge in [0, 0.05) is 18.7 Å². The van der Waals surface area contributed by atoms with Gasteiger partial charge in [-0.1, -0.05) is 56.3 Å². The fourth-order valence-corrected chi connectivity index (χ4v) is 3.96. The second-order valence-corrected chi connectivity index (χ2v) is 8.75. The Morgan fingerprint density at radius 3 is 2.29 bits per heavy atom. The lowest BCUT2D eigenvalue weighted by atomic mass is 10.0. The highest BCUT2D eigenvalue weighted by molar-refractivity contribution is 7.89. The molecule has 0 heterocycles. The van der Waals surface area contributed by atoms with E-state index < -0.39 is 10.0 Å². The molecule has 3 aromatic carbocycles. The average molecular weight is 397 g/mol. The normalized spacial score (nSPS) is 11.7. The molecule has 0 radical (unpaired) electrons. The lowest BCUT2D eigenvalue weighted by molar-refractivity contribution is -0.116. The van der Waals surface area contributed by atoms with Gasteiger partial charge >= 0.3 is 0 Å². The minimum atomic E-state index is -3.67. The van der Waals surface area contributed by atoms with Crippen LogP contribution in [0.5, 0.6) is 0 Å². The SMILES string of the molecule is CC(C)c1ccc(NC(=O)CCNS(=O)(=O)c2ccc3ccccc3c2)cc1. The molecule has 0 bridgehead atoms. The first kappa shape index (κ1) is 20.0. The van der Waals surface area contributed by atoms with Crippen molar-refractivity contribution in [1.29, 1.82) is 0 Å². The Morgan fingerprint density at radius 2 is 1.61 bits per heavy atom. The molecule has 0 unspecified atom stereocenters. The van der Waals surface area contributed by atoms with Crippen LogP contribution >= 0.6 is 0 Å². The third-order valence-corrected chi connectivity index (χ3v) is 6.00. The van der Waals surface area contributed by atoms with Crippen LogP contribution in [-0.4, -0.2) is 20.9 Å². The summed E-state index contributed by atoms with van der Waals surface area (Å²) in [5.41, 5.74) is 1.90. The first-order valence-corrected chi connectivity index (χ1v) is 10.7. The van der Waals surface area contributed by atoms with E-state index in [0.29, 0.717) is 11.6 Å². The van der Waals surface area contributed by atoms with E-state index in [1.807, 2.05) is 48.5 Å². The number of carbonyl (C=O) groups is 1. The molecule has 0 saturated carbocycles. The molecular weight excluding hydrogens is 372 g/mol. The van der Waals surface area contributed by atoms with E-state index in [9.17, 15) is 13.2 Å². The summed E-state index contributed by atoms with van der Waals surface area (Å²) in [6.45, 7) is 4.25. The van der Waals surface area contributed by atoms with Crippen LogP contribution in [-0.2, 0) is 14.8 Å². The largest absolute Gasteiger partial charge is 0.326 e. The van der Waals surface area contributed by atoms with Crippen molar-refractivity contribution in [1.82, 2.24) is 4.72 Å². The highest BCUT2D eigenvalue weighted by Crippen LogP contribution is 2.19. The summed E-state index contributed by atoms with van der Waals surface area (Å²) in [6.07, 6.45) is 0.0543. The number of anilines is 1. The standard InChI is InChI=1S/C22H24N2O3S/c1-16(2)17-7-10-20(11-8-17)24-22(25)13-14-23-28(26,27)21-12-9-18-5-3-4-6-19(18)15-21/h3-12,15-16,23H,13-14H2,1-2H3,(H,24,25). The van der Waals surface area contributed by atoms with Crippen molar-refractivity contribution >= 4 is 32.4 Å². The van der Waals surface area contributed by atoms with Crippen molar-refractivity contribution in [3.05, 3.63) is 72.3 Å². The Morgan fingerprint density at radius 1 is 0.929 bits per heavy atom. The average Bonchev–Trinajstić information content (AvgIpc) is 2.68. The Bertz CT molecular complexity index is 1070. The van der Waals surface area contributed by atoms with E-state index in [1.54, 1.807) is 18.2 Å². The second-order valence-electron chi connectivity index (χ2n) is 6.98. The van der Waals surface area contributed by atoms with Crippen molar-refractivity contribution < 1.29 is 13.2 Å². The smallest absolute Gasteiger partial charge is 0.240 e. The predicted octanol–water partition coefficient (Wildman–Crippen LogP) is 4.27. The molecule has 0 aliphatic heterocycles. The molecule has 0 atom stereocenters. The minimum absolute atomic E-state index is 0.0328. The summed E-state index contributed by atoms with van der Waals surface area (Å²) in [5, 5.41) is 4.62. The first-order valence-electron chi connectivity index (χ1n) is 9.23. The number of rotatable bonds is 7. The molecule has 0 saturated heterocycles. The van der Waals surface area contributed by atoms with Crippen molar-refractivity contribution in [3.8, 4) is 0 Å². The Labute approximate surface area is 165 Å². The summed E-state index contributed by atoms with van der Waals surface area (Å²) < 4.78 is 27.4. The Hall–Kier alpha value is -2.70. The third kappa shape index (κ3) is 4.97. The van der Waals surface area contributed by atoms with E-state index in [0.717, 1.165) is 10.8 Å². The van der Waals surface area contributed by atoms with Gasteiger partial charge in [0.05, 0.1) is 4.90 Å². The number of hydrogen-bond acceptors (Lipinski definition) is 3. The van der Waals surface area contributed by atoms with E-state index >= 15 is 0 Å². The molecule has 0 aromatic heterocycles. The maximum absolute atomic E-state index is 12.5. The highest BCUT2D eigenvalue weighted by atomic mass is 32.2. The molecular formula is C22H24N2O3S. The fraction of sp³-hybridized carbons (Fsp3) is 0.227. The molecule has 3 rings (SSSR count). The molecule has 3 aromatic rings. The Balaban J connectivity index is 1.56. The number of hydrogen-bond donors (Lipinski definition) is 2. The number of sulfonamides is 1. The summed E-state index contributed by atoms with van der Waals surface area (Å²) in [4.78, 5) is 12.3. The minimum Gasteiger partial charge on any atom is -0.326 e. The van der Waals surface area contributed by atoms with E-state index in [4.69, 9.17) is 0 Å². The molecule has 0 fully saturated rings. The maximum atomic E-state index is 12.5. The number of fused-ring (bicyclic) bond motifs is 1. The number of benzene rings is 3. The molecule has 1 amide bonds. The van der Waals surface area contributed by atoms with Gasteiger partial charge in [-0.25, -0.2) is 13.1 Å². The summed E-state index contributed by atoms with van der Waals surface area (Å²) in [7, 11) is -3.67. The number of carbonyl (C=O) groups excluding carboxylic acids is 1. The van der Waals surface area contributed by atoms with Gasteiger partial charge in [0.25, 0.3) is 0 Å². The molecule has 0 aliphatic carbocycles. The summed E-state index contributed by atoms with van der Waals surface area (Å²) in [5.74, 6) is 0.188. The molecule has 28 heavy (non-hydrogen) atoms. The molecule has 146 valence electrons. The van der Waals surface area contributed by atoms with E-state index in [-0.39, 0.29) is 23.8 Å². The van der Waals surface area contributed by atoms with Crippen LogP contribution in [0.3, 0.4) is 0 Å². The zero-order valence-electron chi connectivity index (χ0n) is 16.0. The van der Waals surface area contributed by atoms with Crippen molar-refractivity contribution in [2.24, 2.45) is 0 Å². The molecule has 0 spiro atoms. The van der Waals surface area contributed by atoms with Crippen molar-refractivity contribution in [3.63, 3.8) is 0 Å². The lowest BCUT2D eigenvalue weighted by Gasteiger charge is -2.10. The summed E-state index contributed by atoms with van der Waals surface area (Å²) in [6, 6.07) is 20.2. The van der Waals surface area contributed by atoms with Gasteiger partial charge in [-0.2, -0.15) is 0 Å². The summed E-state index contributed by atoms with van der Waals surface area (Å²) >= 11 is 0. The zero-order valence-corrected chi connectivity index (χ0v) is 16.8. The number of nitrogens with one attached hydrogen (secondary N) is 2. The monoisotopic (exact) mass is 396 g/mol. The van der Waals surface area contributed by atoms with Crippen LogP contribution in [0.4, 0.5) is 5.69 Å². The lowest BCUT2D eigenvalue weighted by Crippen LogP contribution is -2.27. The molecule has 0 aliphatic rings. The molecule has 5 nitrogen and oxygen atoms in total. The topological polar surface area (TPSA) is 75.3 Å². The van der Waals surface area contributed by atoms with Gasteiger partial charge in [0.15, 0.2) is 0 Å². The molecule has 2 N–H and O–H groups in total. The zero-order chi connectivity index (χ0) is 20.1. The van der Waals surface area contributed by atoms with Crippen molar-refractivity contribution in [2.45, 2.75) is 31.1 Å². The van der Waals surface area contributed by atoms with Crippen LogP contribution in [0, 0.1) is 0 Å². The van der Waals surface area contributed by atoms with Crippen LogP contribution < -0.4 is 10.0 Å². The third-order valence-electron chi connectivity index (χ3n) is 4.54. The van der Waals surface area contributed by atoms with Crippen LogP contribution in [0.15, 0.2) is 71.6 Å². The van der Waals surface area contributed by atoms with Crippen LogP contribution in [0.2, 0.25) is 0 Å². The molecule has 6 heteroatoms. The number of amides is 1. The predicted molar refractivity (Wildman–Crippen MR) is 113 cm³/mol. The van der Waals surface area contributed by atoms with Gasteiger partial charge in [-0.15, -0.1) is 0 Å². The van der Waals surface area contributed by atoms with Gasteiger partial charge in [0.2, 0.25) is 15.9 Å². The Kier molecular flexibility index (Phi) is 6.11. The maximum Gasteiger partial charge on any atom is 0.240 e. The van der Waals surface area contributed by atoms with Gasteiger partial charge in [-0.3, -0.25) is 4.79 Å². The van der Waals surface area contributed by atoms with E-state index in [2.05, 4.69) is 23.9 Å². The van der Waals surface area contributed by atoms with Gasteiger partial charge in [0.1, 0.15) is 0 Å². The fourth-order valence-electron chi connectivity index (χ4n) is 2.89. The van der Waals surface area contributed by atoms with Gasteiger partial charge in [-0.05, 0) is 46.5 Å². The van der Waals surface area contributed by atoms with Gasteiger partial charge < -0.3 is 5.32 Å².